The maximum absolute atomic E-state index is 11.6. The highest BCUT2D eigenvalue weighted by Gasteiger charge is 2.32. The number of carbonyl (C=O) groups is 1. The maximum Gasteiger partial charge on any atom is 0.322 e. The summed E-state index contributed by atoms with van der Waals surface area (Å²) in [6.45, 7) is 3.58. The van der Waals surface area contributed by atoms with Crippen LogP contribution in [0.1, 0.15) is 33.1 Å². The highest BCUT2D eigenvalue weighted by molar-refractivity contribution is 7.89. The lowest BCUT2D eigenvalue weighted by atomic mass is 10.0. The van der Waals surface area contributed by atoms with Gasteiger partial charge in [-0.05, 0) is 24.7 Å². The zero-order chi connectivity index (χ0) is 12.3. The summed E-state index contributed by atoms with van der Waals surface area (Å²) < 4.78 is 25.6. The first kappa shape index (κ1) is 13.4. The van der Waals surface area contributed by atoms with Crippen LogP contribution in [0, 0.1) is 11.8 Å². The van der Waals surface area contributed by atoms with Crippen LogP contribution in [0.25, 0.3) is 0 Å². The Morgan fingerprint density at radius 1 is 1.50 bits per heavy atom. The molecule has 1 fully saturated rings. The summed E-state index contributed by atoms with van der Waals surface area (Å²) in [6, 6.07) is -1.01. The predicted octanol–water partition coefficient (Wildman–Crippen LogP) is 0.815. The fourth-order valence-electron chi connectivity index (χ4n) is 1.48. The molecule has 5 nitrogen and oxygen atoms in total. The molecule has 2 atom stereocenters. The molecule has 0 radical (unpaired) electrons. The van der Waals surface area contributed by atoms with E-state index in [2.05, 4.69) is 4.72 Å². The van der Waals surface area contributed by atoms with Crippen molar-refractivity contribution < 1.29 is 18.3 Å². The Morgan fingerprint density at radius 2 is 2.06 bits per heavy atom. The van der Waals surface area contributed by atoms with Gasteiger partial charge in [0.05, 0.1) is 5.75 Å². The lowest BCUT2D eigenvalue weighted by Crippen LogP contribution is -2.45. The van der Waals surface area contributed by atoms with Crippen LogP contribution in [0.2, 0.25) is 0 Å². The van der Waals surface area contributed by atoms with E-state index in [1.807, 2.05) is 6.92 Å². The number of rotatable bonds is 7. The van der Waals surface area contributed by atoms with Crippen molar-refractivity contribution in [2.24, 2.45) is 11.8 Å². The molecular formula is C10H19NO4S. The van der Waals surface area contributed by atoms with E-state index < -0.39 is 22.0 Å². The first-order valence-electron chi connectivity index (χ1n) is 5.58. The van der Waals surface area contributed by atoms with E-state index in [1.165, 1.54) is 0 Å². The Morgan fingerprint density at radius 3 is 2.44 bits per heavy atom. The second-order valence-corrected chi connectivity index (χ2v) is 6.34. The molecule has 1 saturated carbocycles. The number of sulfonamides is 1. The monoisotopic (exact) mass is 249 g/mol. The molecule has 0 amide bonds. The van der Waals surface area contributed by atoms with Gasteiger partial charge in [-0.3, -0.25) is 4.79 Å². The molecule has 0 saturated heterocycles. The normalized spacial score (nSPS) is 20.4. The van der Waals surface area contributed by atoms with E-state index >= 15 is 0 Å². The quantitative estimate of drug-likeness (QED) is 0.699. The van der Waals surface area contributed by atoms with E-state index in [0.717, 1.165) is 12.8 Å². The van der Waals surface area contributed by atoms with Crippen molar-refractivity contribution in [1.29, 1.82) is 0 Å². The summed E-state index contributed by atoms with van der Waals surface area (Å²) >= 11 is 0. The minimum absolute atomic E-state index is 0.0627. The van der Waals surface area contributed by atoms with Gasteiger partial charge in [0.2, 0.25) is 10.0 Å². The first-order valence-corrected chi connectivity index (χ1v) is 7.23. The van der Waals surface area contributed by atoms with Gasteiger partial charge >= 0.3 is 5.97 Å². The van der Waals surface area contributed by atoms with Crippen LogP contribution in [0.3, 0.4) is 0 Å². The molecule has 0 aromatic heterocycles. The number of carboxylic acid groups (broad SMARTS) is 1. The van der Waals surface area contributed by atoms with Crippen molar-refractivity contribution in [3.63, 3.8) is 0 Å². The molecule has 0 aliphatic heterocycles. The maximum atomic E-state index is 11.6. The summed E-state index contributed by atoms with van der Waals surface area (Å²) in [7, 11) is -3.45. The van der Waals surface area contributed by atoms with Gasteiger partial charge in [-0.2, -0.15) is 0 Å². The van der Waals surface area contributed by atoms with Crippen LogP contribution in [-0.4, -0.2) is 31.3 Å². The summed E-state index contributed by atoms with van der Waals surface area (Å²) in [5.74, 6) is -1.02. The van der Waals surface area contributed by atoms with Crippen molar-refractivity contribution in [3.8, 4) is 0 Å². The van der Waals surface area contributed by atoms with Gasteiger partial charge in [0.25, 0.3) is 0 Å². The van der Waals surface area contributed by atoms with Crippen LogP contribution in [0.5, 0.6) is 0 Å². The number of nitrogens with one attached hydrogen (secondary N) is 1. The second-order valence-electron chi connectivity index (χ2n) is 4.54. The molecule has 1 aliphatic carbocycles. The molecule has 0 aromatic rings. The third-order valence-electron chi connectivity index (χ3n) is 2.94. The van der Waals surface area contributed by atoms with E-state index in [1.54, 1.807) is 6.92 Å². The van der Waals surface area contributed by atoms with Crippen molar-refractivity contribution >= 4 is 16.0 Å². The molecule has 6 heteroatoms. The Bertz CT molecular complexity index is 348. The lowest BCUT2D eigenvalue weighted by Gasteiger charge is -2.19. The molecule has 16 heavy (non-hydrogen) atoms. The molecule has 94 valence electrons. The molecular weight excluding hydrogens is 230 g/mol. The summed E-state index contributed by atoms with van der Waals surface area (Å²) in [5.41, 5.74) is 0. The Balaban J connectivity index is 2.62. The van der Waals surface area contributed by atoms with Crippen molar-refractivity contribution in [2.45, 2.75) is 39.2 Å². The molecule has 2 N–H and O–H groups in total. The minimum Gasteiger partial charge on any atom is -0.480 e. The van der Waals surface area contributed by atoms with Crippen molar-refractivity contribution in [2.75, 3.05) is 5.75 Å². The predicted molar refractivity (Wildman–Crippen MR) is 60.5 cm³/mol. The first-order chi connectivity index (χ1) is 7.35. The zero-order valence-corrected chi connectivity index (χ0v) is 10.5. The average molecular weight is 249 g/mol. The Labute approximate surface area is 96.3 Å². The van der Waals surface area contributed by atoms with E-state index in [9.17, 15) is 13.2 Å². The Hall–Kier alpha value is -0.620. The van der Waals surface area contributed by atoms with Gasteiger partial charge in [-0.25, -0.2) is 13.1 Å². The molecule has 1 rings (SSSR count). The highest BCUT2D eigenvalue weighted by atomic mass is 32.2. The second kappa shape index (κ2) is 5.14. The standard InChI is InChI=1S/C10H19NO4S/c1-3-7(2)9(10(12)13)11-16(14,15)6-8-4-5-8/h7-9,11H,3-6H2,1-2H3,(H,12,13)/t7-,9-/m0/s1. The summed E-state index contributed by atoms with van der Waals surface area (Å²) in [6.07, 6.45) is 2.49. The van der Waals surface area contributed by atoms with Gasteiger partial charge in [0.15, 0.2) is 0 Å². The number of carboxylic acids is 1. The smallest absolute Gasteiger partial charge is 0.322 e. The van der Waals surface area contributed by atoms with E-state index in [-0.39, 0.29) is 17.6 Å². The van der Waals surface area contributed by atoms with Crippen molar-refractivity contribution in [1.82, 2.24) is 4.72 Å². The van der Waals surface area contributed by atoms with Gasteiger partial charge in [-0.1, -0.05) is 20.3 Å². The summed E-state index contributed by atoms with van der Waals surface area (Å²) in [4.78, 5) is 11.0. The fourth-order valence-corrected chi connectivity index (χ4v) is 3.25. The molecule has 0 bridgehead atoms. The van der Waals surface area contributed by atoms with Crippen LogP contribution in [0.15, 0.2) is 0 Å². The van der Waals surface area contributed by atoms with Gasteiger partial charge < -0.3 is 5.11 Å². The van der Waals surface area contributed by atoms with Crippen LogP contribution >= 0.6 is 0 Å². The van der Waals surface area contributed by atoms with E-state index in [0.29, 0.717) is 6.42 Å². The number of aliphatic carboxylic acids is 1. The number of hydrogen-bond acceptors (Lipinski definition) is 3. The molecule has 0 heterocycles. The summed E-state index contributed by atoms with van der Waals surface area (Å²) in [5, 5.41) is 8.96. The number of hydrogen-bond donors (Lipinski definition) is 2. The zero-order valence-electron chi connectivity index (χ0n) is 9.64. The highest BCUT2D eigenvalue weighted by Crippen LogP contribution is 2.30. The van der Waals surface area contributed by atoms with Gasteiger partial charge in [-0.15, -0.1) is 0 Å². The third-order valence-corrected chi connectivity index (χ3v) is 4.46. The fraction of sp³-hybridized carbons (Fsp3) is 0.900. The molecule has 0 unspecified atom stereocenters. The topological polar surface area (TPSA) is 83.5 Å². The van der Waals surface area contributed by atoms with Crippen LogP contribution < -0.4 is 4.72 Å². The molecule has 1 aliphatic rings. The molecule has 0 aromatic carbocycles. The third kappa shape index (κ3) is 4.09. The SMILES string of the molecule is CC[C@H](C)[C@H](NS(=O)(=O)CC1CC1)C(=O)O. The van der Waals surface area contributed by atoms with Crippen LogP contribution in [0.4, 0.5) is 0 Å². The van der Waals surface area contributed by atoms with E-state index in [4.69, 9.17) is 5.11 Å². The molecule has 0 spiro atoms. The lowest BCUT2D eigenvalue weighted by molar-refractivity contribution is -0.140. The van der Waals surface area contributed by atoms with Crippen LogP contribution in [-0.2, 0) is 14.8 Å². The Kier molecular flexibility index (Phi) is 4.32. The average Bonchev–Trinajstić information content (AvgIpc) is 2.95. The van der Waals surface area contributed by atoms with Crippen molar-refractivity contribution in [3.05, 3.63) is 0 Å². The largest absolute Gasteiger partial charge is 0.480 e. The van der Waals surface area contributed by atoms with Gasteiger partial charge in [0.1, 0.15) is 6.04 Å². The van der Waals surface area contributed by atoms with Gasteiger partial charge in [0, 0.05) is 0 Å². The minimum atomic E-state index is -3.45.